The average Bonchev–Trinajstić information content (AvgIpc) is 2.48. The van der Waals surface area contributed by atoms with Crippen LogP contribution in [0.2, 0.25) is 0 Å². The van der Waals surface area contributed by atoms with Crippen LogP contribution in [0.15, 0.2) is 35.3 Å². The molecule has 0 bridgehead atoms. The highest BCUT2D eigenvalue weighted by Crippen LogP contribution is 2.21. The molecule has 0 atom stereocenters. The molecule has 0 radical (unpaired) electrons. The van der Waals surface area contributed by atoms with E-state index < -0.39 is 34.6 Å². The maximum Gasteiger partial charge on any atom is 0.200 e. The third-order valence-electron chi connectivity index (χ3n) is 2.58. The van der Waals surface area contributed by atoms with Gasteiger partial charge in [0, 0.05) is 6.21 Å². The van der Waals surface area contributed by atoms with Crippen LogP contribution < -0.4 is 0 Å². The second-order valence-electron chi connectivity index (χ2n) is 3.94. The van der Waals surface area contributed by atoms with E-state index in [0.717, 1.165) is 5.56 Å². The van der Waals surface area contributed by atoms with Crippen LogP contribution in [0.25, 0.3) is 0 Å². The molecule has 0 aromatic heterocycles. The van der Waals surface area contributed by atoms with Gasteiger partial charge in [-0.15, -0.1) is 0 Å². The van der Waals surface area contributed by atoms with Gasteiger partial charge in [0.25, 0.3) is 0 Å². The van der Waals surface area contributed by atoms with E-state index >= 15 is 0 Å². The van der Waals surface area contributed by atoms with Crippen molar-refractivity contribution in [2.75, 3.05) is 0 Å². The van der Waals surface area contributed by atoms with Gasteiger partial charge in [-0.25, -0.2) is 22.0 Å². The van der Waals surface area contributed by atoms with Gasteiger partial charge in [0.1, 0.15) is 0 Å². The maximum absolute atomic E-state index is 13.3. The van der Waals surface area contributed by atoms with Gasteiger partial charge in [0.05, 0.1) is 12.1 Å². The maximum atomic E-state index is 13.3. The normalized spacial score (nSPS) is 11.2. The van der Waals surface area contributed by atoms with Crippen LogP contribution in [0.1, 0.15) is 11.1 Å². The van der Waals surface area contributed by atoms with Gasteiger partial charge >= 0.3 is 0 Å². The first kappa shape index (κ1) is 14.2. The van der Waals surface area contributed by atoms with E-state index in [9.17, 15) is 22.0 Å². The molecule has 1 nitrogen and oxygen atoms in total. The molecule has 0 saturated heterocycles. The summed E-state index contributed by atoms with van der Waals surface area (Å²) in [7, 11) is 0. The highest BCUT2D eigenvalue weighted by Gasteiger charge is 2.24. The molecular weight excluding hydrogens is 277 g/mol. The molecule has 0 amide bonds. The van der Waals surface area contributed by atoms with E-state index in [4.69, 9.17) is 0 Å². The van der Waals surface area contributed by atoms with Crippen molar-refractivity contribution < 1.29 is 22.0 Å². The van der Waals surface area contributed by atoms with E-state index in [2.05, 4.69) is 4.99 Å². The zero-order valence-electron chi connectivity index (χ0n) is 10.0. The molecule has 0 spiro atoms. The number of aliphatic imine (C=N–C) groups is 1. The molecule has 2 rings (SSSR count). The quantitative estimate of drug-likeness (QED) is 0.350. The second-order valence-corrected chi connectivity index (χ2v) is 3.94. The lowest BCUT2D eigenvalue weighted by atomic mass is 10.2. The number of hydrogen-bond donors (Lipinski definition) is 0. The SMILES string of the molecule is Fc1c(F)c(F)c(/C=N\Cc2ccccc2)c(F)c1F. The molecule has 20 heavy (non-hydrogen) atoms. The third kappa shape index (κ3) is 2.68. The lowest BCUT2D eigenvalue weighted by Crippen LogP contribution is -2.06. The fourth-order valence-corrected chi connectivity index (χ4v) is 1.56. The monoisotopic (exact) mass is 285 g/mol. The molecule has 2 aromatic rings. The predicted molar refractivity (Wildman–Crippen MR) is 64.0 cm³/mol. The number of rotatable bonds is 3. The van der Waals surface area contributed by atoms with Gasteiger partial charge in [0.2, 0.25) is 5.82 Å². The Labute approximate surface area is 111 Å². The minimum Gasteiger partial charge on any atom is -0.288 e. The summed E-state index contributed by atoms with van der Waals surface area (Å²) in [5.74, 6) is -9.92. The number of benzene rings is 2. The van der Waals surface area contributed by atoms with E-state index in [-0.39, 0.29) is 6.54 Å². The summed E-state index contributed by atoms with van der Waals surface area (Å²) in [4.78, 5) is 3.68. The van der Waals surface area contributed by atoms with Crippen molar-refractivity contribution in [3.05, 3.63) is 70.5 Å². The van der Waals surface area contributed by atoms with Crippen molar-refractivity contribution in [1.29, 1.82) is 0 Å². The van der Waals surface area contributed by atoms with Crippen molar-refractivity contribution in [2.45, 2.75) is 6.54 Å². The Bertz CT molecular complexity index is 623. The summed E-state index contributed by atoms with van der Waals surface area (Å²) < 4.78 is 65.3. The van der Waals surface area contributed by atoms with Crippen LogP contribution >= 0.6 is 0 Å². The van der Waals surface area contributed by atoms with Gasteiger partial charge in [-0.3, -0.25) is 4.99 Å². The van der Waals surface area contributed by atoms with Gasteiger partial charge in [-0.2, -0.15) is 0 Å². The summed E-state index contributed by atoms with van der Waals surface area (Å²) in [5.41, 5.74) is -0.301. The Kier molecular flexibility index (Phi) is 4.12. The van der Waals surface area contributed by atoms with Gasteiger partial charge < -0.3 is 0 Å². The molecule has 0 aliphatic heterocycles. The first-order valence-electron chi connectivity index (χ1n) is 5.57. The third-order valence-corrected chi connectivity index (χ3v) is 2.58. The van der Waals surface area contributed by atoms with Crippen LogP contribution in [0.3, 0.4) is 0 Å². The largest absolute Gasteiger partial charge is 0.288 e. The molecular formula is C14H8F5N. The first-order valence-corrected chi connectivity index (χ1v) is 5.57. The van der Waals surface area contributed by atoms with Crippen molar-refractivity contribution in [3.8, 4) is 0 Å². The fraction of sp³-hybridized carbons (Fsp3) is 0.0714. The van der Waals surface area contributed by atoms with E-state index in [1.807, 2.05) is 0 Å². The minimum atomic E-state index is -2.18. The summed E-state index contributed by atoms with van der Waals surface area (Å²) in [6, 6.07) is 8.69. The van der Waals surface area contributed by atoms with Gasteiger partial charge in [0.15, 0.2) is 23.3 Å². The summed E-state index contributed by atoms with van der Waals surface area (Å²) in [6.07, 6.45) is 0.642. The molecule has 0 fully saturated rings. The molecule has 0 saturated carbocycles. The van der Waals surface area contributed by atoms with E-state index in [1.165, 1.54) is 0 Å². The molecule has 0 aliphatic carbocycles. The molecule has 104 valence electrons. The molecule has 2 aromatic carbocycles. The second kappa shape index (κ2) is 5.81. The van der Waals surface area contributed by atoms with Gasteiger partial charge in [-0.05, 0) is 5.56 Å². The standard InChI is InChI=1S/C14H8F5N/c15-10-9(11(16)13(18)14(19)12(10)17)7-20-6-8-4-2-1-3-5-8/h1-5,7H,6H2/b20-7-. The Morgan fingerprint density at radius 1 is 0.750 bits per heavy atom. The van der Waals surface area contributed by atoms with Crippen molar-refractivity contribution in [1.82, 2.24) is 0 Å². The van der Waals surface area contributed by atoms with Crippen LogP contribution in [0.5, 0.6) is 0 Å². The Hall–Kier alpha value is -2.24. The first-order chi connectivity index (χ1) is 9.52. The van der Waals surface area contributed by atoms with Crippen molar-refractivity contribution >= 4 is 6.21 Å². The van der Waals surface area contributed by atoms with Crippen molar-refractivity contribution in [2.24, 2.45) is 4.99 Å². The van der Waals surface area contributed by atoms with Crippen LogP contribution in [-0.2, 0) is 6.54 Å². The lowest BCUT2D eigenvalue weighted by Gasteiger charge is -2.03. The topological polar surface area (TPSA) is 12.4 Å². The zero-order valence-corrected chi connectivity index (χ0v) is 10.0. The summed E-state index contributed by atoms with van der Waals surface area (Å²) in [6.45, 7) is 0.0698. The molecule has 0 N–H and O–H groups in total. The average molecular weight is 285 g/mol. The van der Waals surface area contributed by atoms with Crippen LogP contribution in [0, 0.1) is 29.1 Å². The number of hydrogen-bond acceptors (Lipinski definition) is 1. The predicted octanol–water partition coefficient (Wildman–Crippen LogP) is 4.00. The smallest absolute Gasteiger partial charge is 0.200 e. The number of nitrogens with zero attached hydrogens (tertiary/aromatic N) is 1. The Balaban J connectivity index is 2.30. The lowest BCUT2D eigenvalue weighted by molar-refractivity contribution is 0.377. The molecule has 6 heteroatoms. The highest BCUT2D eigenvalue weighted by molar-refractivity contribution is 5.80. The van der Waals surface area contributed by atoms with E-state index in [1.54, 1.807) is 30.3 Å². The molecule has 0 aliphatic rings. The summed E-state index contributed by atoms with van der Waals surface area (Å²) >= 11 is 0. The molecule has 0 heterocycles. The van der Waals surface area contributed by atoms with E-state index in [0.29, 0.717) is 6.21 Å². The Morgan fingerprint density at radius 3 is 1.80 bits per heavy atom. The fourth-order valence-electron chi connectivity index (χ4n) is 1.56. The highest BCUT2D eigenvalue weighted by atomic mass is 19.2. The van der Waals surface area contributed by atoms with Crippen LogP contribution in [0.4, 0.5) is 22.0 Å². The Morgan fingerprint density at radius 2 is 1.25 bits per heavy atom. The zero-order chi connectivity index (χ0) is 14.7. The van der Waals surface area contributed by atoms with Crippen molar-refractivity contribution in [3.63, 3.8) is 0 Å². The van der Waals surface area contributed by atoms with Crippen LogP contribution in [-0.4, -0.2) is 6.21 Å². The minimum absolute atomic E-state index is 0.0698. The summed E-state index contributed by atoms with van der Waals surface area (Å²) in [5, 5.41) is 0. The van der Waals surface area contributed by atoms with Gasteiger partial charge in [-0.1, -0.05) is 30.3 Å². The number of halogens is 5. The molecule has 0 unspecified atom stereocenters.